The Morgan fingerprint density at radius 2 is 1.71 bits per heavy atom. The van der Waals surface area contributed by atoms with Crippen LogP contribution < -0.4 is 16.4 Å². The summed E-state index contributed by atoms with van der Waals surface area (Å²) in [5, 5.41) is 5.33. The molecule has 0 saturated carbocycles. The number of amides is 2. The van der Waals surface area contributed by atoms with Gasteiger partial charge in [0.15, 0.2) is 9.79 Å². The third kappa shape index (κ3) is 4.82. The third-order valence-corrected chi connectivity index (χ3v) is 4.50. The maximum Gasteiger partial charge on any atom is 0.241 e. The molecule has 2 unspecified atom stereocenters. The van der Waals surface area contributed by atoms with Crippen molar-refractivity contribution in [2.45, 2.75) is 29.7 Å². The lowest BCUT2D eigenvalue weighted by atomic mass is 10.3. The number of nitrogens with two attached hydrogens (primary N) is 1. The Balaban J connectivity index is 2.15. The van der Waals surface area contributed by atoms with Crippen molar-refractivity contribution < 1.29 is 14.1 Å². The Morgan fingerprint density at radius 3 is 2.29 bits per heavy atom. The molecule has 0 radical (unpaired) electrons. The average Bonchev–Trinajstić information content (AvgIpc) is 2.54. The van der Waals surface area contributed by atoms with Crippen LogP contribution in [0.5, 0.6) is 0 Å². The molecule has 0 aromatic heterocycles. The maximum atomic E-state index is 12.6. The first kappa shape index (κ1) is 18.0. The van der Waals surface area contributed by atoms with E-state index in [-0.39, 0.29) is 11.8 Å². The van der Waals surface area contributed by atoms with E-state index in [2.05, 4.69) is 10.6 Å². The van der Waals surface area contributed by atoms with E-state index in [1.54, 1.807) is 55.5 Å². The van der Waals surface area contributed by atoms with Crippen LogP contribution in [0, 0.1) is 0 Å². The normalized spacial score (nSPS) is 13.0. The van der Waals surface area contributed by atoms with Crippen LogP contribution in [0.4, 0.5) is 11.4 Å². The predicted octanol–water partition coefficient (Wildman–Crippen LogP) is 2.10. The van der Waals surface area contributed by atoms with Crippen molar-refractivity contribution in [3.05, 3.63) is 48.5 Å². The van der Waals surface area contributed by atoms with Crippen molar-refractivity contribution in [1.29, 1.82) is 0 Å². The minimum absolute atomic E-state index is 0.165. The number of rotatable bonds is 5. The zero-order valence-corrected chi connectivity index (χ0v) is 14.2. The standard InChI is InChI=1S/C17H19N3O3S/c1-11(18)17(22)20-14-4-3-5-16(10-14)24(23)15-8-6-13(7-9-15)19-12(2)21/h3-11H,18H2,1-2H3,(H,19,21)(H,20,22). The van der Waals surface area contributed by atoms with Gasteiger partial charge < -0.3 is 20.9 Å². The molecule has 0 heterocycles. The summed E-state index contributed by atoms with van der Waals surface area (Å²) in [5.41, 5.74) is 6.70. The lowest BCUT2D eigenvalue weighted by molar-refractivity contribution is -0.117. The van der Waals surface area contributed by atoms with Crippen molar-refractivity contribution >= 4 is 34.4 Å². The summed E-state index contributed by atoms with van der Waals surface area (Å²) in [5.74, 6) is -0.473. The third-order valence-electron chi connectivity index (χ3n) is 3.12. The summed E-state index contributed by atoms with van der Waals surface area (Å²) in [6.07, 6.45) is 0. The van der Waals surface area contributed by atoms with Crippen LogP contribution in [0.25, 0.3) is 0 Å². The Labute approximate surface area is 143 Å². The molecule has 0 bridgehead atoms. The number of carbonyl (C=O) groups excluding carboxylic acids is 2. The molecule has 2 aromatic carbocycles. The summed E-state index contributed by atoms with van der Waals surface area (Å²) < 4.78 is 12.6. The highest BCUT2D eigenvalue weighted by molar-refractivity contribution is 7.91. The Kier molecular flexibility index (Phi) is 5.97. The van der Waals surface area contributed by atoms with Gasteiger partial charge in [0.1, 0.15) is 0 Å². The van der Waals surface area contributed by atoms with Crippen LogP contribution in [0.1, 0.15) is 13.8 Å². The molecule has 0 aliphatic rings. The van der Waals surface area contributed by atoms with Crippen molar-refractivity contribution in [2.24, 2.45) is 5.73 Å². The van der Waals surface area contributed by atoms with Gasteiger partial charge in [-0.2, -0.15) is 0 Å². The van der Waals surface area contributed by atoms with Gasteiger partial charge in [-0.05, 0) is 43.3 Å². The predicted molar refractivity (Wildman–Crippen MR) is 94.1 cm³/mol. The highest BCUT2D eigenvalue weighted by Gasteiger charge is 2.16. The van der Waals surface area contributed by atoms with Crippen LogP contribution in [0.15, 0.2) is 58.3 Å². The fraction of sp³-hybridized carbons (Fsp3) is 0.176. The van der Waals surface area contributed by atoms with Crippen molar-refractivity contribution in [2.75, 3.05) is 10.6 Å². The molecule has 0 saturated heterocycles. The van der Waals surface area contributed by atoms with E-state index in [0.717, 1.165) is 0 Å². The lowest BCUT2D eigenvalue weighted by Gasteiger charge is -2.13. The number of hydrogen-bond donors (Lipinski definition) is 3. The fourth-order valence-corrected chi connectivity index (χ4v) is 3.04. The second kappa shape index (κ2) is 7.96. The van der Waals surface area contributed by atoms with E-state index in [1.165, 1.54) is 6.92 Å². The Bertz CT molecular complexity index is 732. The molecule has 24 heavy (non-hydrogen) atoms. The fourth-order valence-electron chi connectivity index (χ4n) is 1.95. The molecule has 2 rings (SSSR count). The largest absolute Gasteiger partial charge is 0.606 e. The van der Waals surface area contributed by atoms with Gasteiger partial charge in [0.2, 0.25) is 11.8 Å². The number of anilines is 2. The van der Waals surface area contributed by atoms with E-state index >= 15 is 0 Å². The van der Waals surface area contributed by atoms with Crippen LogP contribution in [0.2, 0.25) is 0 Å². The zero-order chi connectivity index (χ0) is 17.7. The first-order valence-electron chi connectivity index (χ1n) is 7.33. The van der Waals surface area contributed by atoms with E-state index in [1.807, 2.05) is 0 Å². The zero-order valence-electron chi connectivity index (χ0n) is 13.4. The molecule has 2 amide bonds. The van der Waals surface area contributed by atoms with E-state index in [0.29, 0.717) is 21.2 Å². The summed E-state index contributed by atoms with van der Waals surface area (Å²) in [6, 6.07) is 12.9. The van der Waals surface area contributed by atoms with Gasteiger partial charge in [-0.15, -0.1) is 0 Å². The van der Waals surface area contributed by atoms with Gasteiger partial charge in [-0.1, -0.05) is 6.07 Å². The Morgan fingerprint density at radius 1 is 1.04 bits per heavy atom. The van der Waals surface area contributed by atoms with Gasteiger partial charge in [-0.25, -0.2) is 0 Å². The van der Waals surface area contributed by atoms with Crippen LogP contribution in [-0.4, -0.2) is 22.4 Å². The molecule has 126 valence electrons. The number of nitrogens with one attached hydrogen (secondary N) is 2. The van der Waals surface area contributed by atoms with E-state index < -0.39 is 17.2 Å². The molecule has 2 aromatic rings. The van der Waals surface area contributed by atoms with Crippen LogP contribution in [0.3, 0.4) is 0 Å². The van der Waals surface area contributed by atoms with Crippen LogP contribution in [-0.2, 0) is 20.8 Å². The SMILES string of the molecule is CC(=O)Nc1ccc([S+]([O-])c2cccc(NC(=O)C(C)N)c2)cc1. The average molecular weight is 345 g/mol. The molecule has 0 aliphatic heterocycles. The second-order valence-corrected chi connectivity index (χ2v) is 6.76. The van der Waals surface area contributed by atoms with Gasteiger partial charge >= 0.3 is 0 Å². The minimum atomic E-state index is -1.40. The number of hydrogen-bond acceptors (Lipinski definition) is 4. The monoisotopic (exact) mass is 345 g/mol. The highest BCUT2D eigenvalue weighted by Crippen LogP contribution is 2.24. The maximum absolute atomic E-state index is 12.6. The van der Waals surface area contributed by atoms with Crippen LogP contribution >= 0.6 is 0 Å². The summed E-state index contributed by atoms with van der Waals surface area (Å²) in [7, 11) is 0. The summed E-state index contributed by atoms with van der Waals surface area (Å²) >= 11 is -1.40. The molecule has 2 atom stereocenters. The summed E-state index contributed by atoms with van der Waals surface area (Å²) in [6.45, 7) is 3.02. The number of benzene rings is 2. The highest BCUT2D eigenvalue weighted by atomic mass is 32.2. The molecule has 0 fully saturated rings. The van der Waals surface area contributed by atoms with Crippen molar-refractivity contribution in [3.63, 3.8) is 0 Å². The number of carbonyl (C=O) groups is 2. The Hall–Kier alpha value is -2.35. The lowest BCUT2D eigenvalue weighted by Crippen LogP contribution is -2.32. The van der Waals surface area contributed by atoms with Gasteiger partial charge in [0.05, 0.1) is 6.04 Å². The molecule has 7 heteroatoms. The first-order chi connectivity index (χ1) is 11.4. The van der Waals surface area contributed by atoms with Crippen molar-refractivity contribution in [1.82, 2.24) is 0 Å². The van der Waals surface area contributed by atoms with Gasteiger partial charge in [-0.3, -0.25) is 9.59 Å². The molecular weight excluding hydrogens is 326 g/mol. The molecule has 6 nitrogen and oxygen atoms in total. The van der Waals surface area contributed by atoms with E-state index in [9.17, 15) is 14.1 Å². The molecule has 0 aliphatic carbocycles. The van der Waals surface area contributed by atoms with Gasteiger partial charge in [0, 0.05) is 35.5 Å². The minimum Gasteiger partial charge on any atom is -0.606 e. The topological polar surface area (TPSA) is 107 Å². The summed E-state index contributed by atoms with van der Waals surface area (Å²) in [4.78, 5) is 23.8. The molecular formula is C17H19N3O3S. The van der Waals surface area contributed by atoms with Gasteiger partial charge in [0.25, 0.3) is 0 Å². The smallest absolute Gasteiger partial charge is 0.241 e. The first-order valence-corrected chi connectivity index (χ1v) is 8.48. The quantitative estimate of drug-likeness (QED) is 0.721. The molecule has 0 spiro atoms. The van der Waals surface area contributed by atoms with E-state index in [4.69, 9.17) is 5.73 Å². The molecule has 4 N–H and O–H groups in total. The van der Waals surface area contributed by atoms with Crippen molar-refractivity contribution in [3.8, 4) is 0 Å². The second-order valence-electron chi connectivity index (χ2n) is 5.28.